The van der Waals surface area contributed by atoms with E-state index in [1.54, 1.807) is 6.07 Å². The molecular weight excluding hydrogens is 207 g/mol. The summed E-state index contributed by atoms with van der Waals surface area (Å²) in [5, 5.41) is 0.509. The first-order valence-corrected chi connectivity index (χ1v) is 4.92. The van der Waals surface area contributed by atoms with E-state index in [0.29, 0.717) is 22.9 Å². The minimum absolute atomic E-state index is 0.0121. The van der Waals surface area contributed by atoms with Gasteiger partial charge in [-0.1, -0.05) is 23.7 Å². The van der Waals surface area contributed by atoms with Crippen molar-refractivity contribution in [2.75, 3.05) is 5.88 Å². The van der Waals surface area contributed by atoms with Gasteiger partial charge in [0.1, 0.15) is 0 Å². The Morgan fingerprint density at radius 1 is 1.46 bits per heavy atom. The number of alkyl halides is 1. The highest BCUT2D eigenvalue weighted by atomic mass is 35.5. The molecule has 0 aromatic heterocycles. The van der Waals surface area contributed by atoms with Crippen molar-refractivity contribution >= 4 is 29.0 Å². The average Bonchev–Trinajstić information content (AvgIpc) is 2.04. The van der Waals surface area contributed by atoms with Gasteiger partial charge in [0, 0.05) is 17.9 Å². The quantitative estimate of drug-likeness (QED) is 0.559. The Balaban J connectivity index is 3.05. The van der Waals surface area contributed by atoms with Gasteiger partial charge in [0.2, 0.25) is 0 Å². The highest BCUT2D eigenvalue weighted by Gasteiger charge is 2.11. The van der Waals surface area contributed by atoms with Crippen LogP contribution >= 0.6 is 23.2 Å². The van der Waals surface area contributed by atoms with Crippen molar-refractivity contribution in [2.45, 2.75) is 13.3 Å². The lowest BCUT2D eigenvalue weighted by atomic mass is 10.0. The fraction of sp³-hybridized carbons (Fsp3) is 0.300. The second-order valence-corrected chi connectivity index (χ2v) is 3.58. The number of aryl methyl sites for hydroxylation is 1. The molecule has 0 spiro atoms. The van der Waals surface area contributed by atoms with Crippen LogP contribution in [0.3, 0.4) is 0 Å². The van der Waals surface area contributed by atoms with Crippen molar-refractivity contribution in [3.05, 3.63) is 34.3 Å². The van der Waals surface area contributed by atoms with Gasteiger partial charge in [0.25, 0.3) is 0 Å². The van der Waals surface area contributed by atoms with Gasteiger partial charge in [-0.15, -0.1) is 11.6 Å². The first-order valence-electron chi connectivity index (χ1n) is 4.01. The molecule has 3 heteroatoms. The topological polar surface area (TPSA) is 17.1 Å². The highest BCUT2D eigenvalue weighted by Crippen LogP contribution is 2.21. The third kappa shape index (κ3) is 2.45. The lowest BCUT2D eigenvalue weighted by Crippen LogP contribution is -2.03. The van der Waals surface area contributed by atoms with E-state index in [9.17, 15) is 4.79 Å². The van der Waals surface area contributed by atoms with E-state index in [1.165, 1.54) is 0 Å². The summed E-state index contributed by atoms with van der Waals surface area (Å²) >= 11 is 11.4. The summed E-state index contributed by atoms with van der Waals surface area (Å²) in [5.41, 5.74) is 1.51. The van der Waals surface area contributed by atoms with Crippen LogP contribution in [0, 0.1) is 6.92 Å². The first kappa shape index (κ1) is 10.6. The van der Waals surface area contributed by atoms with E-state index in [-0.39, 0.29) is 5.78 Å². The molecule has 0 radical (unpaired) electrons. The SMILES string of the molecule is Cc1cccc(Cl)c1C(=O)CCCl. The van der Waals surface area contributed by atoms with Crippen LogP contribution < -0.4 is 0 Å². The third-order valence-electron chi connectivity index (χ3n) is 1.82. The maximum Gasteiger partial charge on any atom is 0.165 e. The summed E-state index contributed by atoms with van der Waals surface area (Å²) in [4.78, 5) is 11.5. The van der Waals surface area contributed by atoms with Gasteiger partial charge >= 0.3 is 0 Å². The van der Waals surface area contributed by atoms with Gasteiger partial charge in [0.05, 0.1) is 5.02 Å². The van der Waals surface area contributed by atoms with Crippen molar-refractivity contribution in [2.24, 2.45) is 0 Å². The van der Waals surface area contributed by atoms with Crippen LogP contribution in [0.5, 0.6) is 0 Å². The molecule has 1 aromatic rings. The van der Waals surface area contributed by atoms with Gasteiger partial charge in [-0.25, -0.2) is 0 Å². The third-order valence-corrected chi connectivity index (χ3v) is 2.33. The lowest BCUT2D eigenvalue weighted by Gasteiger charge is -2.05. The molecule has 70 valence electrons. The molecule has 0 aliphatic carbocycles. The first-order chi connectivity index (χ1) is 6.16. The molecule has 0 unspecified atom stereocenters. The van der Waals surface area contributed by atoms with Gasteiger partial charge < -0.3 is 0 Å². The average molecular weight is 217 g/mol. The molecule has 1 nitrogen and oxygen atoms in total. The largest absolute Gasteiger partial charge is 0.294 e. The zero-order valence-corrected chi connectivity index (χ0v) is 8.82. The molecule has 0 aliphatic rings. The molecule has 0 saturated heterocycles. The molecule has 0 heterocycles. The number of benzene rings is 1. The molecule has 13 heavy (non-hydrogen) atoms. The number of hydrogen-bond acceptors (Lipinski definition) is 1. The van der Waals surface area contributed by atoms with E-state index in [4.69, 9.17) is 23.2 Å². The van der Waals surface area contributed by atoms with Crippen molar-refractivity contribution in [3.8, 4) is 0 Å². The van der Waals surface area contributed by atoms with Crippen molar-refractivity contribution in [3.63, 3.8) is 0 Å². The Bertz CT molecular complexity index is 300. The maximum atomic E-state index is 11.5. The van der Waals surface area contributed by atoms with Crippen LogP contribution in [0.15, 0.2) is 18.2 Å². The summed E-state index contributed by atoms with van der Waals surface area (Å²) in [7, 11) is 0. The minimum Gasteiger partial charge on any atom is -0.294 e. The Kier molecular flexibility index (Phi) is 3.76. The maximum absolute atomic E-state index is 11.5. The van der Waals surface area contributed by atoms with Gasteiger partial charge in [-0.3, -0.25) is 4.79 Å². The highest BCUT2D eigenvalue weighted by molar-refractivity contribution is 6.34. The Labute approximate surface area is 87.7 Å². The normalized spacial score (nSPS) is 10.1. The molecule has 0 amide bonds. The summed E-state index contributed by atoms with van der Waals surface area (Å²) in [5.74, 6) is 0.349. The predicted molar refractivity (Wildman–Crippen MR) is 55.9 cm³/mol. The number of carbonyl (C=O) groups excluding carboxylic acids is 1. The summed E-state index contributed by atoms with van der Waals surface area (Å²) in [6, 6.07) is 5.42. The van der Waals surface area contributed by atoms with E-state index < -0.39 is 0 Å². The number of carbonyl (C=O) groups is 1. The van der Waals surface area contributed by atoms with Crippen molar-refractivity contribution < 1.29 is 4.79 Å². The van der Waals surface area contributed by atoms with E-state index in [0.717, 1.165) is 5.56 Å². The van der Waals surface area contributed by atoms with Crippen LogP contribution in [0.4, 0.5) is 0 Å². The molecule has 0 fully saturated rings. The van der Waals surface area contributed by atoms with Gasteiger partial charge in [-0.05, 0) is 18.6 Å². The summed E-state index contributed by atoms with van der Waals surface area (Å²) < 4.78 is 0. The molecule has 0 atom stereocenters. The van der Waals surface area contributed by atoms with Crippen molar-refractivity contribution in [1.29, 1.82) is 0 Å². The number of halogens is 2. The zero-order valence-electron chi connectivity index (χ0n) is 7.31. The van der Waals surface area contributed by atoms with E-state index in [1.807, 2.05) is 19.1 Å². The van der Waals surface area contributed by atoms with Gasteiger partial charge in [0.15, 0.2) is 5.78 Å². The molecular formula is C10H10Cl2O. The smallest absolute Gasteiger partial charge is 0.165 e. The standard InChI is InChI=1S/C10H10Cl2O/c1-7-3-2-4-8(12)10(7)9(13)5-6-11/h2-4H,5-6H2,1H3. The summed E-state index contributed by atoms with van der Waals surface area (Å²) in [6.45, 7) is 1.87. The fourth-order valence-electron chi connectivity index (χ4n) is 1.20. The van der Waals surface area contributed by atoms with Crippen molar-refractivity contribution in [1.82, 2.24) is 0 Å². The van der Waals surface area contributed by atoms with Crippen LogP contribution in [0.1, 0.15) is 22.3 Å². The molecule has 1 rings (SSSR count). The van der Waals surface area contributed by atoms with Crippen LogP contribution in [-0.4, -0.2) is 11.7 Å². The van der Waals surface area contributed by atoms with Gasteiger partial charge in [-0.2, -0.15) is 0 Å². The van der Waals surface area contributed by atoms with Crippen LogP contribution in [-0.2, 0) is 0 Å². The lowest BCUT2D eigenvalue weighted by molar-refractivity contribution is 0.0989. The molecule has 1 aromatic carbocycles. The number of hydrogen-bond donors (Lipinski definition) is 0. The van der Waals surface area contributed by atoms with Crippen LogP contribution in [0.2, 0.25) is 5.02 Å². The Morgan fingerprint density at radius 2 is 2.15 bits per heavy atom. The minimum atomic E-state index is 0.0121. The molecule has 0 aliphatic heterocycles. The van der Waals surface area contributed by atoms with E-state index >= 15 is 0 Å². The fourth-order valence-corrected chi connectivity index (χ4v) is 1.69. The second-order valence-electron chi connectivity index (χ2n) is 2.79. The zero-order chi connectivity index (χ0) is 9.84. The second kappa shape index (κ2) is 4.64. The number of rotatable bonds is 3. The molecule has 0 bridgehead atoms. The van der Waals surface area contributed by atoms with Crippen LogP contribution in [0.25, 0.3) is 0 Å². The Hall–Kier alpha value is -0.530. The number of ketones is 1. The summed E-state index contributed by atoms with van der Waals surface area (Å²) in [6.07, 6.45) is 0.339. The monoisotopic (exact) mass is 216 g/mol. The Morgan fingerprint density at radius 3 is 2.69 bits per heavy atom. The van der Waals surface area contributed by atoms with E-state index in [2.05, 4.69) is 0 Å². The molecule has 0 saturated carbocycles. The number of Topliss-reactive ketones (excluding diaryl/α,β-unsaturated/α-hetero) is 1. The predicted octanol–water partition coefficient (Wildman–Crippen LogP) is 3.46. The molecule has 0 N–H and O–H groups in total.